The van der Waals surface area contributed by atoms with Crippen molar-refractivity contribution in [3.05, 3.63) is 40.4 Å². The van der Waals surface area contributed by atoms with Crippen LogP contribution in [0.1, 0.15) is 17.4 Å². The molecule has 0 atom stereocenters. The van der Waals surface area contributed by atoms with E-state index in [1.165, 1.54) is 6.92 Å². The minimum atomic E-state index is -0.538. The molecule has 7 nitrogen and oxygen atoms in total. The molecule has 0 unspecified atom stereocenters. The van der Waals surface area contributed by atoms with E-state index in [1.54, 1.807) is 34.1 Å². The summed E-state index contributed by atoms with van der Waals surface area (Å²) in [6.07, 6.45) is 0. The number of hydrogen-bond donors (Lipinski definition) is 1. The van der Waals surface area contributed by atoms with Crippen molar-refractivity contribution in [3.63, 3.8) is 0 Å². The van der Waals surface area contributed by atoms with Gasteiger partial charge in [-0.2, -0.15) is 4.98 Å². The summed E-state index contributed by atoms with van der Waals surface area (Å²) in [5.41, 5.74) is 0.216. The maximum atomic E-state index is 12.6. The van der Waals surface area contributed by atoms with Crippen molar-refractivity contribution in [2.45, 2.75) is 6.92 Å². The Morgan fingerprint density at radius 2 is 1.73 bits per heavy atom. The standard InChI is InChI=1S/C15H16N4O3/c1-10(20)18-6-8-19(9-7-18)14(21)13-11-4-2-3-5-12(11)16-15(22)17-13/h2-5H,6-9H2,1H3,(H,16,17,22). The molecular weight excluding hydrogens is 284 g/mol. The Labute approximate surface area is 126 Å². The summed E-state index contributed by atoms with van der Waals surface area (Å²) in [5.74, 6) is -0.266. The number of rotatable bonds is 1. The number of carbonyl (C=O) groups excluding carboxylic acids is 2. The van der Waals surface area contributed by atoms with Gasteiger partial charge in [-0.1, -0.05) is 18.2 Å². The van der Waals surface area contributed by atoms with E-state index >= 15 is 0 Å². The Bertz CT molecular complexity index is 791. The molecule has 3 rings (SSSR count). The second-order valence-electron chi connectivity index (χ2n) is 5.23. The van der Waals surface area contributed by atoms with Gasteiger partial charge in [-0.3, -0.25) is 9.59 Å². The van der Waals surface area contributed by atoms with Crippen molar-refractivity contribution in [2.24, 2.45) is 0 Å². The molecule has 22 heavy (non-hydrogen) atoms. The van der Waals surface area contributed by atoms with Gasteiger partial charge in [0, 0.05) is 38.5 Å². The van der Waals surface area contributed by atoms with Crippen LogP contribution in [0.15, 0.2) is 29.1 Å². The number of aromatic nitrogens is 2. The van der Waals surface area contributed by atoms with Gasteiger partial charge >= 0.3 is 5.69 Å². The predicted molar refractivity (Wildman–Crippen MR) is 80.5 cm³/mol. The molecule has 114 valence electrons. The number of carbonyl (C=O) groups is 2. The van der Waals surface area contributed by atoms with Gasteiger partial charge in [0.1, 0.15) is 5.69 Å². The summed E-state index contributed by atoms with van der Waals surface area (Å²) in [7, 11) is 0. The van der Waals surface area contributed by atoms with Crippen molar-refractivity contribution in [2.75, 3.05) is 26.2 Å². The van der Waals surface area contributed by atoms with Gasteiger partial charge in [0.25, 0.3) is 5.91 Å². The monoisotopic (exact) mass is 300 g/mol. The van der Waals surface area contributed by atoms with Crippen molar-refractivity contribution >= 4 is 22.7 Å². The van der Waals surface area contributed by atoms with E-state index in [1.807, 2.05) is 0 Å². The highest BCUT2D eigenvalue weighted by Crippen LogP contribution is 2.15. The van der Waals surface area contributed by atoms with Crippen LogP contribution in [0.25, 0.3) is 10.9 Å². The molecule has 2 aromatic rings. The van der Waals surface area contributed by atoms with Crippen LogP contribution < -0.4 is 5.69 Å². The Kier molecular flexibility index (Phi) is 3.62. The number of fused-ring (bicyclic) bond motifs is 1. The molecule has 0 radical (unpaired) electrons. The van der Waals surface area contributed by atoms with Gasteiger partial charge in [0.15, 0.2) is 0 Å². The van der Waals surface area contributed by atoms with Crippen LogP contribution in [-0.4, -0.2) is 57.8 Å². The van der Waals surface area contributed by atoms with Crippen LogP contribution in [0, 0.1) is 0 Å². The fraction of sp³-hybridized carbons (Fsp3) is 0.333. The van der Waals surface area contributed by atoms with Crippen molar-refractivity contribution in [3.8, 4) is 0 Å². The third kappa shape index (κ3) is 2.57. The zero-order valence-corrected chi connectivity index (χ0v) is 12.2. The summed E-state index contributed by atoms with van der Waals surface area (Å²) in [6, 6.07) is 7.09. The molecule has 0 saturated carbocycles. The first-order valence-electron chi connectivity index (χ1n) is 7.10. The molecule has 1 saturated heterocycles. The molecule has 2 amide bonds. The SMILES string of the molecule is CC(=O)N1CCN(C(=O)c2nc(=O)[nH]c3ccccc23)CC1. The normalized spacial score (nSPS) is 15.1. The highest BCUT2D eigenvalue weighted by Gasteiger charge is 2.25. The van der Waals surface area contributed by atoms with Crippen LogP contribution in [-0.2, 0) is 4.79 Å². The molecular formula is C15H16N4O3. The molecule has 0 spiro atoms. The lowest BCUT2D eigenvalue weighted by Gasteiger charge is -2.34. The number of nitrogens with zero attached hydrogens (tertiary/aromatic N) is 3. The number of H-pyrrole nitrogens is 1. The summed E-state index contributed by atoms with van der Waals surface area (Å²) in [4.78, 5) is 45.4. The quantitative estimate of drug-likeness (QED) is 0.816. The fourth-order valence-electron chi connectivity index (χ4n) is 2.64. The molecule has 1 aliphatic heterocycles. The summed E-state index contributed by atoms with van der Waals surface area (Å²) in [5, 5.41) is 0.626. The van der Waals surface area contributed by atoms with E-state index in [0.717, 1.165) is 0 Å². The van der Waals surface area contributed by atoms with E-state index in [4.69, 9.17) is 0 Å². The maximum Gasteiger partial charge on any atom is 0.346 e. The molecule has 1 N–H and O–H groups in total. The van der Waals surface area contributed by atoms with Gasteiger partial charge in [-0.25, -0.2) is 4.79 Å². The summed E-state index contributed by atoms with van der Waals surface area (Å²) >= 11 is 0. The third-order valence-corrected chi connectivity index (χ3v) is 3.85. The van der Waals surface area contributed by atoms with E-state index in [2.05, 4.69) is 9.97 Å². The molecule has 7 heteroatoms. The third-order valence-electron chi connectivity index (χ3n) is 3.85. The number of nitrogens with one attached hydrogen (secondary N) is 1. The number of para-hydroxylation sites is 1. The van der Waals surface area contributed by atoms with Crippen molar-refractivity contribution in [1.29, 1.82) is 0 Å². The Morgan fingerprint density at radius 1 is 1.09 bits per heavy atom. The second-order valence-corrected chi connectivity index (χ2v) is 5.23. The lowest BCUT2D eigenvalue weighted by atomic mass is 10.1. The lowest BCUT2D eigenvalue weighted by molar-refractivity contribution is -0.130. The van der Waals surface area contributed by atoms with E-state index < -0.39 is 5.69 Å². The molecule has 1 aliphatic rings. The number of amides is 2. The van der Waals surface area contributed by atoms with Gasteiger partial charge in [0.05, 0.1) is 5.52 Å². The highest BCUT2D eigenvalue weighted by molar-refractivity contribution is 6.04. The molecule has 1 aromatic heterocycles. The van der Waals surface area contributed by atoms with E-state index in [9.17, 15) is 14.4 Å². The molecule has 0 bridgehead atoms. The van der Waals surface area contributed by atoms with Gasteiger partial charge < -0.3 is 14.8 Å². The minimum absolute atomic E-state index is 0.00632. The van der Waals surface area contributed by atoms with Gasteiger partial charge in [-0.15, -0.1) is 0 Å². The highest BCUT2D eigenvalue weighted by atomic mass is 16.2. The van der Waals surface area contributed by atoms with Crippen molar-refractivity contribution in [1.82, 2.24) is 19.8 Å². The predicted octanol–water partition coefficient (Wildman–Crippen LogP) is 0.227. The lowest BCUT2D eigenvalue weighted by Crippen LogP contribution is -2.50. The smallest absolute Gasteiger partial charge is 0.339 e. The minimum Gasteiger partial charge on any atom is -0.339 e. The zero-order chi connectivity index (χ0) is 15.7. The molecule has 0 aliphatic carbocycles. The first-order valence-corrected chi connectivity index (χ1v) is 7.10. The average Bonchev–Trinajstić information content (AvgIpc) is 2.53. The van der Waals surface area contributed by atoms with Crippen LogP contribution in [0.4, 0.5) is 0 Å². The molecule has 2 heterocycles. The van der Waals surface area contributed by atoms with E-state index in [-0.39, 0.29) is 17.5 Å². The number of benzene rings is 1. The molecule has 1 fully saturated rings. The van der Waals surface area contributed by atoms with Crippen LogP contribution in [0.2, 0.25) is 0 Å². The van der Waals surface area contributed by atoms with Gasteiger partial charge in [0.2, 0.25) is 5.91 Å². The topological polar surface area (TPSA) is 86.4 Å². The van der Waals surface area contributed by atoms with E-state index in [0.29, 0.717) is 37.1 Å². The first-order chi connectivity index (χ1) is 10.6. The Balaban J connectivity index is 1.90. The average molecular weight is 300 g/mol. The second kappa shape index (κ2) is 5.59. The Morgan fingerprint density at radius 3 is 2.41 bits per heavy atom. The van der Waals surface area contributed by atoms with Crippen LogP contribution >= 0.6 is 0 Å². The fourth-order valence-corrected chi connectivity index (χ4v) is 2.64. The van der Waals surface area contributed by atoms with Crippen LogP contribution in [0.3, 0.4) is 0 Å². The Hall–Kier alpha value is -2.70. The first kappa shape index (κ1) is 14.2. The maximum absolute atomic E-state index is 12.6. The van der Waals surface area contributed by atoms with Crippen LogP contribution in [0.5, 0.6) is 0 Å². The molecule has 1 aromatic carbocycles. The summed E-state index contributed by atoms with van der Waals surface area (Å²) < 4.78 is 0. The number of piperazine rings is 1. The number of aromatic amines is 1. The summed E-state index contributed by atoms with van der Waals surface area (Å²) in [6.45, 7) is 3.41. The number of hydrogen-bond acceptors (Lipinski definition) is 4. The van der Waals surface area contributed by atoms with Crippen molar-refractivity contribution < 1.29 is 9.59 Å². The zero-order valence-electron chi connectivity index (χ0n) is 12.2. The van der Waals surface area contributed by atoms with Gasteiger partial charge in [-0.05, 0) is 6.07 Å². The largest absolute Gasteiger partial charge is 0.346 e.